The first-order chi connectivity index (χ1) is 13.2. The Balaban J connectivity index is 1.71. The fourth-order valence-electron chi connectivity index (χ4n) is 3.77. The largest absolute Gasteiger partial charge is 0.381 e. The molecule has 0 aliphatic carbocycles. The molecule has 2 heterocycles. The van der Waals surface area contributed by atoms with E-state index in [1.54, 1.807) is 0 Å². The molecule has 2 aromatic rings. The standard InChI is InChI=1S/C22H31N3OS/c1-3-23-21(24-13-10-19-8-6-16-27-19)25-17-22(11-14-26-15-12-22)20-9-5-4-7-18(20)2/h4-9,16H,3,10-15,17H2,1-2H3,(H2,23,24,25). The van der Waals surface area contributed by atoms with Gasteiger partial charge < -0.3 is 15.4 Å². The molecule has 1 saturated heterocycles. The van der Waals surface area contributed by atoms with Gasteiger partial charge in [0, 0.05) is 36.6 Å². The van der Waals surface area contributed by atoms with Gasteiger partial charge in [-0.05, 0) is 55.7 Å². The molecular weight excluding hydrogens is 354 g/mol. The SMILES string of the molecule is CCNC(=NCC1(c2ccccc2C)CCOCC1)NCCc1cccs1. The fraction of sp³-hybridized carbons (Fsp3) is 0.500. The number of rotatable bonds is 7. The number of nitrogens with one attached hydrogen (secondary N) is 2. The molecule has 27 heavy (non-hydrogen) atoms. The van der Waals surface area contributed by atoms with Crippen LogP contribution in [0.25, 0.3) is 0 Å². The first-order valence-corrected chi connectivity index (χ1v) is 10.8. The van der Waals surface area contributed by atoms with E-state index in [4.69, 9.17) is 9.73 Å². The van der Waals surface area contributed by atoms with Crippen molar-refractivity contribution < 1.29 is 4.74 Å². The van der Waals surface area contributed by atoms with Crippen LogP contribution in [0.5, 0.6) is 0 Å². The van der Waals surface area contributed by atoms with Gasteiger partial charge in [0.05, 0.1) is 6.54 Å². The van der Waals surface area contributed by atoms with Crippen LogP contribution in [0, 0.1) is 6.92 Å². The van der Waals surface area contributed by atoms with E-state index >= 15 is 0 Å². The maximum Gasteiger partial charge on any atom is 0.191 e. The van der Waals surface area contributed by atoms with Gasteiger partial charge in [0.1, 0.15) is 0 Å². The molecule has 1 aromatic heterocycles. The fourth-order valence-corrected chi connectivity index (χ4v) is 4.48. The van der Waals surface area contributed by atoms with Crippen molar-refractivity contribution in [2.45, 2.75) is 38.5 Å². The lowest BCUT2D eigenvalue weighted by Crippen LogP contribution is -2.42. The first kappa shape index (κ1) is 19.9. The molecule has 5 heteroatoms. The van der Waals surface area contributed by atoms with E-state index in [2.05, 4.69) is 66.3 Å². The maximum absolute atomic E-state index is 5.67. The Bertz CT molecular complexity index is 721. The highest BCUT2D eigenvalue weighted by molar-refractivity contribution is 7.09. The highest BCUT2D eigenvalue weighted by Gasteiger charge is 2.35. The molecule has 0 atom stereocenters. The van der Waals surface area contributed by atoms with Gasteiger partial charge in [0.15, 0.2) is 5.96 Å². The number of hydrogen-bond acceptors (Lipinski definition) is 3. The third-order valence-electron chi connectivity index (χ3n) is 5.29. The summed E-state index contributed by atoms with van der Waals surface area (Å²) >= 11 is 1.81. The molecule has 0 radical (unpaired) electrons. The third kappa shape index (κ3) is 5.33. The molecule has 0 unspecified atom stereocenters. The van der Waals surface area contributed by atoms with E-state index < -0.39 is 0 Å². The first-order valence-electron chi connectivity index (χ1n) is 9.92. The van der Waals surface area contributed by atoms with Crippen LogP contribution in [-0.4, -0.2) is 38.8 Å². The van der Waals surface area contributed by atoms with Crippen LogP contribution in [0.3, 0.4) is 0 Å². The second-order valence-corrected chi connectivity index (χ2v) is 8.19. The summed E-state index contributed by atoms with van der Waals surface area (Å²) in [5.74, 6) is 0.911. The molecule has 146 valence electrons. The van der Waals surface area contributed by atoms with E-state index in [0.717, 1.165) is 58.1 Å². The highest BCUT2D eigenvalue weighted by atomic mass is 32.1. The number of benzene rings is 1. The molecule has 0 spiro atoms. The van der Waals surface area contributed by atoms with E-state index in [1.807, 2.05) is 11.3 Å². The van der Waals surface area contributed by atoms with Gasteiger partial charge in [-0.1, -0.05) is 30.3 Å². The molecule has 1 fully saturated rings. The lowest BCUT2D eigenvalue weighted by Gasteiger charge is -2.37. The van der Waals surface area contributed by atoms with Gasteiger partial charge in [-0.3, -0.25) is 4.99 Å². The van der Waals surface area contributed by atoms with E-state index in [1.165, 1.54) is 16.0 Å². The van der Waals surface area contributed by atoms with Gasteiger partial charge >= 0.3 is 0 Å². The monoisotopic (exact) mass is 385 g/mol. The summed E-state index contributed by atoms with van der Waals surface area (Å²) in [6.45, 7) is 8.49. The van der Waals surface area contributed by atoms with Crippen molar-refractivity contribution in [2.24, 2.45) is 4.99 Å². The summed E-state index contributed by atoms with van der Waals surface area (Å²) in [6, 6.07) is 13.0. The van der Waals surface area contributed by atoms with E-state index in [-0.39, 0.29) is 5.41 Å². The minimum atomic E-state index is 0.0691. The summed E-state index contributed by atoms with van der Waals surface area (Å²) in [4.78, 5) is 6.39. The molecule has 0 amide bonds. The molecule has 4 nitrogen and oxygen atoms in total. The lowest BCUT2D eigenvalue weighted by molar-refractivity contribution is 0.0529. The number of hydrogen-bond donors (Lipinski definition) is 2. The maximum atomic E-state index is 5.67. The van der Waals surface area contributed by atoms with Crippen LogP contribution in [0.4, 0.5) is 0 Å². The second-order valence-electron chi connectivity index (χ2n) is 7.16. The van der Waals surface area contributed by atoms with Crippen LogP contribution in [0.15, 0.2) is 46.8 Å². The van der Waals surface area contributed by atoms with Gasteiger partial charge in [-0.2, -0.15) is 0 Å². The second kappa shape index (κ2) is 9.90. The van der Waals surface area contributed by atoms with Crippen LogP contribution < -0.4 is 10.6 Å². The zero-order valence-corrected chi connectivity index (χ0v) is 17.3. The summed E-state index contributed by atoms with van der Waals surface area (Å²) in [7, 11) is 0. The Morgan fingerprint density at radius 2 is 1.96 bits per heavy atom. The zero-order valence-electron chi connectivity index (χ0n) is 16.5. The van der Waals surface area contributed by atoms with Crippen molar-refractivity contribution in [1.29, 1.82) is 0 Å². The Morgan fingerprint density at radius 1 is 1.15 bits per heavy atom. The van der Waals surface area contributed by atoms with Gasteiger partial charge in [-0.25, -0.2) is 0 Å². The molecule has 3 rings (SSSR count). The van der Waals surface area contributed by atoms with E-state index in [9.17, 15) is 0 Å². The number of ether oxygens (including phenoxy) is 1. The quantitative estimate of drug-likeness (QED) is 0.561. The normalized spacial score (nSPS) is 16.9. The van der Waals surface area contributed by atoms with Crippen LogP contribution in [0.1, 0.15) is 35.8 Å². The van der Waals surface area contributed by atoms with Crippen molar-refractivity contribution in [1.82, 2.24) is 10.6 Å². The highest BCUT2D eigenvalue weighted by Crippen LogP contribution is 2.37. The summed E-state index contributed by atoms with van der Waals surface area (Å²) < 4.78 is 5.67. The average molecular weight is 386 g/mol. The summed E-state index contributed by atoms with van der Waals surface area (Å²) in [5, 5.41) is 9.02. The number of thiophene rings is 1. The number of aliphatic imine (C=N–C) groups is 1. The van der Waals surface area contributed by atoms with Gasteiger partial charge in [0.2, 0.25) is 0 Å². The van der Waals surface area contributed by atoms with Crippen molar-refractivity contribution in [3.8, 4) is 0 Å². The summed E-state index contributed by atoms with van der Waals surface area (Å²) in [6.07, 6.45) is 3.07. The molecule has 1 aliphatic rings. The van der Waals surface area contributed by atoms with Gasteiger partial charge in [-0.15, -0.1) is 11.3 Å². The average Bonchev–Trinajstić information content (AvgIpc) is 3.21. The molecule has 1 aliphatic heterocycles. The number of nitrogens with zero attached hydrogens (tertiary/aromatic N) is 1. The molecule has 2 N–H and O–H groups in total. The van der Waals surface area contributed by atoms with Crippen LogP contribution in [-0.2, 0) is 16.6 Å². The predicted octanol–water partition coefficient (Wildman–Crippen LogP) is 3.90. The van der Waals surface area contributed by atoms with Crippen molar-refractivity contribution in [2.75, 3.05) is 32.8 Å². The van der Waals surface area contributed by atoms with Gasteiger partial charge in [0.25, 0.3) is 0 Å². The Morgan fingerprint density at radius 3 is 2.67 bits per heavy atom. The Hall–Kier alpha value is -1.85. The Labute approximate surface area is 167 Å². The number of aryl methyl sites for hydroxylation is 1. The third-order valence-corrected chi connectivity index (χ3v) is 6.23. The topological polar surface area (TPSA) is 45.7 Å². The van der Waals surface area contributed by atoms with Crippen LogP contribution in [0.2, 0.25) is 0 Å². The minimum absolute atomic E-state index is 0.0691. The lowest BCUT2D eigenvalue weighted by atomic mass is 9.72. The predicted molar refractivity (Wildman–Crippen MR) is 115 cm³/mol. The van der Waals surface area contributed by atoms with E-state index in [0.29, 0.717) is 0 Å². The van der Waals surface area contributed by atoms with Crippen LogP contribution >= 0.6 is 11.3 Å². The van der Waals surface area contributed by atoms with Crippen molar-refractivity contribution in [3.05, 3.63) is 57.8 Å². The Kier molecular flexibility index (Phi) is 7.30. The molecule has 0 saturated carbocycles. The number of guanidine groups is 1. The van der Waals surface area contributed by atoms with Crippen molar-refractivity contribution >= 4 is 17.3 Å². The summed E-state index contributed by atoms with van der Waals surface area (Å²) in [5.41, 5.74) is 2.84. The molecule has 0 bridgehead atoms. The van der Waals surface area contributed by atoms with Crippen molar-refractivity contribution in [3.63, 3.8) is 0 Å². The zero-order chi connectivity index (χ0) is 19.0. The molecular formula is C22H31N3OS. The minimum Gasteiger partial charge on any atom is -0.381 e. The molecule has 1 aromatic carbocycles. The smallest absolute Gasteiger partial charge is 0.191 e.